The van der Waals surface area contributed by atoms with Crippen molar-refractivity contribution in [1.82, 2.24) is 5.32 Å². The van der Waals surface area contributed by atoms with Crippen LogP contribution < -0.4 is 5.32 Å². The number of amides is 1. The quantitative estimate of drug-likeness (QED) is 0.665. The predicted octanol–water partition coefficient (Wildman–Crippen LogP) is 3.32. The Morgan fingerprint density at radius 1 is 1.06 bits per heavy atom. The molecule has 0 saturated heterocycles. The Hall–Kier alpha value is -0.860. The second-order valence-electron chi connectivity index (χ2n) is 4.14. The molecule has 0 aliphatic carbocycles. The standard InChI is InChI=1S/C12H23NO2.C2H6/c1-4-12(15)13-9-7-5-6-8-11(14)10(2)3;1-2/h10H,4-9H2,1-3H3,(H,13,15);1-2H3. The van der Waals surface area contributed by atoms with Crippen molar-refractivity contribution in [2.75, 3.05) is 6.54 Å². The lowest BCUT2D eigenvalue weighted by atomic mass is 10.0. The summed E-state index contributed by atoms with van der Waals surface area (Å²) in [6.45, 7) is 10.5. The second-order valence-corrected chi connectivity index (χ2v) is 4.14. The van der Waals surface area contributed by atoms with Gasteiger partial charge in [-0.25, -0.2) is 0 Å². The molecule has 0 aromatic carbocycles. The third-order valence-electron chi connectivity index (χ3n) is 2.39. The molecule has 0 fully saturated rings. The molecule has 0 spiro atoms. The van der Waals surface area contributed by atoms with E-state index >= 15 is 0 Å². The molecule has 1 N–H and O–H groups in total. The highest BCUT2D eigenvalue weighted by molar-refractivity contribution is 5.80. The van der Waals surface area contributed by atoms with E-state index in [1.54, 1.807) is 0 Å². The zero-order valence-electron chi connectivity index (χ0n) is 12.1. The maximum atomic E-state index is 11.3. The van der Waals surface area contributed by atoms with E-state index in [0.717, 1.165) is 25.8 Å². The molecule has 0 unspecified atom stereocenters. The van der Waals surface area contributed by atoms with Crippen molar-refractivity contribution < 1.29 is 9.59 Å². The first-order valence-electron chi connectivity index (χ1n) is 6.87. The number of ketones is 1. The van der Waals surface area contributed by atoms with E-state index in [-0.39, 0.29) is 11.8 Å². The van der Waals surface area contributed by atoms with Crippen LogP contribution in [0.2, 0.25) is 0 Å². The molecule has 0 aromatic rings. The van der Waals surface area contributed by atoms with E-state index < -0.39 is 0 Å². The van der Waals surface area contributed by atoms with Crippen molar-refractivity contribution in [1.29, 1.82) is 0 Å². The maximum Gasteiger partial charge on any atom is 0.219 e. The van der Waals surface area contributed by atoms with Crippen LogP contribution in [0.4, 0.5) is 0 Å². The lowest BCUT2D eigenvalue weighted by Crippen LogP contribution is -2.23. The molecule has 17 heavy (non-hydrogen) atoms. The first-order chi connectivity index (χ1) is 8.07. The smallest absolute Gasteiger partial charge is 0.219 e. The third-order valence-corrected chi connectivity index (χ3v) is 2.39. The second kappa shape index (κ2) is 13.2. The SMILES string of the molecule is CC.CCC(=O)NCCCCCC(=O)C(C)C. The molecule has 0 bridgehead atoms. The molecule has 0 aliphatic rings. The van der Waals surface area contributed by atoms with Gasteiger partial charge >= 0.3 is 0 Å². The number of rotatable bonds is 8. The van der Waals surface area contributed by atoms with Crippen LogP contribution in [-0.4, -0.2) is 18.2 Å². The van der Waals surface area contributed by atoms with Crippen molar-refractivity contribution in [3.63, 3.8) is 0 Å². The Balaban J connectivity index is 0. The minimum absolute atomic E-state index is 0.105. The van der Waals surface area contributed by atoms with Crippen LogP contribution in [0.1, 0.15) is 66.7 Å². The molecule has 3 heteroatoms. The normalized spacial score (nSPS) is 9.53. The summed E-state index contributed by atoms with van der Waals surface area (Å²) in [4.78, 5) is 22.1. The fourth-order valence-corrected chi connectivity index (χ4v) is 1.24. The summed E-state index contributed by atoms with van der Waals surface area (Å²) in [6, 6.07) is 0. The van der Waals surface area contributed by atoms with E-state index in [4.69, 9.17) is 0 Å². The first-order valence-corrected chi connectivity index (χ1v) is 6.87. The lowest BCUT2D eigenvalue weighted by Gasteiger charge is -2.04. The molecule has 0 saturated carbocycles. The topological polar surface area (TPSA) is 46.2 Å². The van der Waals surface area contributed by atoms with Crippen LogP contribution in [0.15, 0.2) is 0 Å². The Labute approximate surface area is 106 Å². The number of hydrogen-bond acceptors (Lipinski definition) is 2. The van der Waals surface area contributed by atoms with E-state index in [1.807, 2.05) is 34.6 Å². The van der Waals surface area contributed by atoms with Gasteiger partial charge in [0, 0.05) is 25.3 Å². The minimum Gasteiger partial charge on any atom is -0.356 e. The summed E-state index contributed by atoms with van der Waals surface area (Å²) >= 11 is 0. The molecule has 1 amide bonds. The number of Topliss-reactive ketones (excluding diaryl/α,β-unsaturated/α-hetero) is 1. The number of unbranched alkanes of at least 4 members (excludes halogenated alkanes) is 2. The number of hydrogen-bond donors (Lipinski definition) is 1. The summed E-state index contributed by atoms with van der Waals surface area (Å²) in [5, 5.41) is 2.82. The van der Waals surface area contributed by atoms with Crippen molar-refractivity contribution in [3.8, 4) is 0 Å². The Kier molecular flexibility index (Phi) is 14.4. The predicted molar refractivity (Wildman–Crippen MR) is 73.0 cm³/mol. The van der Waals surface area contributed by atoms with Crippen LogP contribution in [-0.2, 0) is 9.59 Å². The molecule has 3 nitrogen and oxygen atoms in total. The van der Waals surface area contributed by atoms with Gasteiger partial charge in [-0.2, -0.15) is 0 Å². The van der Waals surface area contributed by atoms with Crippen LogP contribution in [0.5, 0.6) is 0 Å². The number of carbonyl (C=O) groups excluding carboxylic acids is 2. The van der Waals surface area contributed by atoms with Crippen LogP contribution >= 0.6 is 0 Å². The van der Waals surface area contributed by atoms with Gasteiger partial charge in [-0.3, -0.25) is 9.59 Å². The molecule has 0 rings (SSSR count). The van der Waals surface area contributed by atoms with Crippen molar-refractivity contribution in [3.05, 3.63) is 0 Å². The van der Waals surface area contributed by atoms with Gasteiger partial charge in [-0.05, 0) is 12.8 Å². The highest BCUT2D eigenvalue weighted by atomic mass is 16.1. The number of nitrogens with one attached hydrogen (secondary N) is 1. The number of carbonyl (C=O) groups is 2. The van der Waals surface area contributed by atoms with Gasteiger partial charge < -0.3 is 5.32 Å². The average Bonchev–Trinajstić information content (AvgIpc) is 2.35. The minimum atomic E-state index is 0.105. The van der Waals surface area contributed by atoms with E-state index in [1.165, 1.54) is 0 Å². The van der Waals surface area contributed by atoms with Gasteiger partial charge in [0.1, 0.15) is 5.78 Å². The largest absolute Gasteiger partial charge is 0.356 e. The van der Waals surface area contributed by atoms with Crippen LogP contribution in [0, 0.1) is 5.92 Å². The fourth-order valence-electron chi connectivity index (χ4n) is 1.24. The zero-order chi connectivity index (χ0) is 13.7. The van der Waals surface area contributed by atoms with Gasteiger partial charge in [0.25, 0.3) is 0 Å². The van der Waals surface area contributed by atoms with Gasteiger partial charge in [-0.1, -0.05) is 41.0 Å². The first kappa shape index (κ1) is 18.5. The Morgan fingerprint density at radius 3 is 2.12 bits per heavy atom. The van der Waals surface area contributed by atoms with Crippen molar-refractivity contribution >= 4 is 11.7 Å². The van der Waals surface area contributed by atoms with E-state index in [9.17, 15) is 9.59 Å². The van der Waals surface area contributed by atoms with Crippen molar-refractivity contribution in [2.45, 2.75) is 66.7 Å². The summed E-state index contributed by atoms with van der Waals surface area (Å²) in [5.41, 5.74) is 0. The summed E-state index contributed by atoms with van der Waals surface area (Å²) in [7, 11) is 0. The van der Waals surface area contributed by atoms with Crippen LogP contribution in [0.25, 0.3) is 0 Å². The molecular weight excluding hydrogens is 214 g/mol. The van der Waals surface area contributed by atoms with Gasteiger partial charge in [-0.15, -0.1) is 0 Å². The third kappa shape index (κ3) is 13.1. The molecule has 0 atom stereocenters. The summed E-state index contributed by atoms with van der Waals surface area (Å²) in [6.07, 6.45) is 4.16. The fraction of sp³-hybridized carbons (Fsp3) is 0.857. The Morgan fingerprint density at radius 2 is 1.65 bits per heavy atom. The van der Waals surface area contributed by atoms with Crippen molar-refractivity contribution in [2.24, 2.45) is 5.92 Å². The molecule has 0 aliphatic heterocycles. The van der Waals surface area contributed by atoms with E-state index in [0.29, 0.717) is 18.6 Å². The average molecular weight is 243 g/mol. The highest BCUT2D eigenvalue weighted by Crippen LogP contribution is 2.05. The highest BCUT2D eigenvalue weighted by Gasteiger charge is 2.05. The van der Waals surface area contributed by atoms with Gasteiger partial charge in [0.15, 0.2) is 0 Å². The van der Waals surface area contributed by atoms with Crippen LogP contribution in [0.3, 0.4) is 0 Å². The molecule has 0 heterocycles. The molecule has 0 aromatic heterocycles. The maximum absolute atomic E-state index is 11.3. The Bertz CT molecular complexity index is 200. The monoisotopic (exact) mass is 243 g/mol. The molecule has 0 radical (unpaired) electrons. The summed E-state index contributed by atoms with van der Waals surface area (Å²) in [5.74, 6) is 0.602. The molecular formula is C14H29NO2. The summed E-state index contributed by atoms with van der Waals surface area (Å²) < 4.78 is 0. The zero-order valence-corrected chi connectivity index (χ0v) is 12.1. The molecule has 102 valence electrons. The van der Waals surface area contributed by atoms with E-state index in [2.05, 4.69) is 5.32 Å². The van der Waals surface area contributed by atoms with Gasteiger partial charge in [0.05, 0.1) is 0 Å². The van der Waals surface area contributed by atoms with Gasteiger partial charge in [0.2, 0.25) is 5.91 Å². The lowest BCUT2D eigenvalue weighted by molar-refractivity contribution is -0.122.